The van der Waals surface area contributed by atoms with Crippen molar-refractivity contribution in [2.24, 2.45) is 0 Å². The maximum atomic E-state index is 9.58. The van der Waals surface area contributed by atoms with Gasteiger partial charge < -0.3 is 9.84 Å². The second-order valence-electron chi connectivity index (χ2n) is 2.86. The van der Waals surface area contributed by atoms with Crippen LogP contribution in [0.3, 0.4) is 0 Å². The Labute approximate surface area is 61.2 Å². The third-order valence-corrected chi connectivity index (χ3v) is 1.96. The SMILES string of the molecule is C#CC1(O)CC(C)OC1C. The molecule has 1 aliphatic rings. The van der Waals surface area contributed by atoms with Crippen LogP contribution in [0.1, 0.15) is 20.3 Å². The van der Waals surface area contributed by atoms with Gasteiger partial charge in [-0.3, -0.25) is 0 Å². The maximum Gasteiger partial charge on any atom is 0.153 e. The molecular formula is C8H12O2. The van der Waals surface area contributed by atoms with Crippen LogP contribution in [0.2, 0.25) is 0 Å². The predicted molar refractivity (Wildman–Crippen MR) is 38.4 cm³/mol. The Morgan fingerprint density at radius 2 is 2.30 bits per heavy atom. The Morgan fingerprint density at radius 1 is 1.70 bits per heavy atom. The lowest BCUT2D eigenvalue weighted by Crippen LogP contribution is -2.33. The lowest BCUT2D eigenvalue weighted by molar-refractivity contribution is -0.00116. The van der Waals surface area contributed by atoms with Gasteiger partial charge in [0.2, 0.25) is 0 Å². The van der Waals surface area contributed by atoms with E-state index in [2.05, 4.69) is 5.92 Å². The van der Waals surface area contributed by atoms with E-state index >= 15 is 0 Å². The van der Waals surface area contributed by atoms with Gasteiger partial charge in [0, 0.05) is 6.42 Å². The van der Waals surface area contributed by atoms with E-state index in [0.29, 0.717) is 6.42 Å². The zero-order valence-electron chi connectivity index (χ0n) is 6.29. The average molecular weight is 140 g/mol. The molecule has 56 valence electrons. The molecule has 3 atom stereocenters. The van der Waals surface area contributed by atoms with E-state index < -0.39 is 5.60 Å². The zero-order valence-corrected chi connectivity index (χ0v) is 6.29. The van der Waals surface area contributed by atoms with E-state index in [1.165, 1.54) is 0 Å². The molecule has 0 saturated carbocycles. The van der Waals surface area contributed by atoms with Gasteiger partial charge in [-0.2, -0.15) is 0 Å². The van der Waals surface area contributed by atoms with Crippen molar-refractivity contribution in [3.05, 3.63) is 0 Å². The summed E-state index contributed by atoms with van der Waals surface area (Å²) in [5.74, 6) is 2.35. The van der Waals surface area contributed by atoms with Crippen LogP contribution in [0, 0.1) is 12.3 Å². The van der Waals surface area contributed by atoms with Crippen LogP contribution in [0.15, 0.2) is 0 Å². The van der Waals surface area contributed by atoms with Crippen LogP contribution in [0.25, 0.3) is 0 Å². The highest BCUT2D eigenvalue weighted by Gasteiger charge is 2.41. The molecule has 0 aromatic rings. The topological polar surface area (TPSA) is 29.5 Å². The van der Waals surface area contributed by atoms with Gasteiger partial charge in [-0.15, -0.1) is 6.42 Å². The molecule has 3 unspecified atom stereocenters. The highest BCUT2D eigenvalue weighted by Crippen LogP contribution is 2.29. The molecular weight excluding hydrogens is 128 g/mol. The number of rotatable bonds is 0. The summed E-state index contributed by atoms with van der Waals surface area (Å²) < 4.78 is 5.28. The van der Waals surface area contributed by atoms with Crippen molar-refractivity contribution in [1.82, 2.24) is 0 Å². The molecule has 0 radical (unpaired) electrons. The molecule has 1 fully saturated rings. The van der Waals surface area contributed by atoms with Crippen LogP contribution in [0.5, 0.6) is 0 Å². The minimum atomic E-state index is -1.03. The molecule has 1 rings (SSSR count). The molecule has 1 aliphatic heterocycles. The van der Waals surface area contributed by atoms with Crippen molar-refractivity contribution in [3.8, 4) is 12.3 Å². The van der Waals surface area contributed by atoms with Gasteiger partial charge in [0.25, 0.3) is 0 Å². The van der Waals surface area contributed by atoms with Crippen LogP contribution >= 0.6 is 0 Å². The fraction of sp³-hybridized carbons (Fsp3) is 0.750. The van der Waals surface area contributed by atoms with Crippen molar-refractivity contribution in [2.45, 2.75) is 38.1 Å². The molecule has 0 bridgehead atoms. The summed E-state index contributed by atoms with van der Waals surface area (Å²) >= 11 is 0. The normalized spacial score (nSPS) is 47.0. The second-order valence-corrected chi connectivity index (χ2v) is 2.86. The van der Waals surface area contributed by atoms with Crippen LogP contribution < -0.4 is 0 Å². The van der Waals surface area contributed by atoms with Gasteiger partial charge in [0.1, 0.15) is 0 Å². The van der Waals surface area contributed by atoms with Gasteiger partial charge in [0.15, 0.2) is 5.60 Å². The first-order valence-electron chi connectivity index (χ1n) is 3.44. The van der Waals surface area contributed by atoms with Crippen molar-refractivity contribution in [2.75, 3.05) is 0 Å². The van der Waals surface area contributed by atoms with E-state index in [1.807, 2.05) is 6.92 Å². The third-order valence-electron chi connectivity index (χ3n) is 1.96. The second kappa shape index (κ2) is 2.26. The first kappa shape index (κ1) is 7.59. The summed E-state index contributed by atoms with van der Waals surface area (Å²) in [4.78, 5) is 0. The molecule has 2 nitrogen and oxygen atoms in total. The number of hydrogen-bond donors (Lipinski definition) is 1. The predicted octanol–water partition coefficient (Wildman–Crippen LogP) is 0.548. The van der Waals surface area contributed by atoms with E-state index in [9.17, 15) is 5.11 Å². The fourth-order valence-electron chi connectivity index (χ4n) is 1.29. The summed E-state index contributed by atoms with van der Waals surface area (Å²) in [6.45, 7) is 3.70. The van der Waals surface area contributed by atoms with E-state index in [1.54, 1.807) is 6.92 Å². The van der Waals surface area contributed by atoms with E-state index in [4.69, 9.17) is 11.2 Å². The van der Waals surface area contributed by atoms with Crippen LogP contribution in [-0.4, -0.2) is 22.9 Å². The molecule has 2 heteroatoms. The minimum Gasteiger partial charge on any atom is -0.375 e. The number of hydrogen-bond acceptors (Lipinski definition) is 2. The molecule has 0 aromatic carbocycles. The Bertz CT molecular complexity index is 171. The van der Waals surface area contributed by atoms with Gasteiger partial charge in [0.05, 0.1) is 12.2 Å². The average Bonchev–Trinajstić information content (AvgIpc) is 2.09. The van der Waals surface area contributed by atoms with Gasteiger partial charge in [-0.25, -0.2) is 0 Å². The van der Waals surface area contributed by atoms with Crippen molar-refractivity contribution < 1.29 is 9.84 Å². The molecule has 1 saturated heterocycles. The smallest absolute Gasteiger partial charge is 0.153 e. The standard InChI is InChI=1S/C8H12O2/c1-4-8(9)5-6(2)10-7(8)3/h1,6-7,9H,5H2,2-3H3. The first-order chi connectivity index (χ1) is 4.58. The quantitative estimate of drug-likeness (QED) is 0.498. The first-order valence-corrected chi connectivity index (χ1v) is 3.44. The Hall–Kier alpha value is -0.520. The van der Waals surface area contributed by atoms with Crippen molar-refractivity contribution in [3.63, 3.8) is 0 Å². The third kappa shape index (κ3) is 1.03. The molecule has 0 spiro atoms. The highest BCUT2D eigenvalue weighted by atomic mass is 16.5. The van der Waals surface area contributed by atoms with Gasteiger partial charge in [-0.05, 0) is 13.8 Å². The molecule has 1 heterocycles. The van der Waals surface area contributed by atoms with Crippen LogP contribution in [0.4, 0.5) is 0 Å². The number of terminal acetylenes is 1. The molecule has 0 aromatic heterocycles. The van der Waals surface area contributed by atoms with E-state index in [0.717, 1.165) is 0 Å². The molecule has 0 aliphatic carbocycles. The lowest BCUT2D eigenvalue weighted by atomic mass is 9.96. The molecule has 1 N–H and O–H groups in total. The largest absolute Gasteiger partial charge is 0.375 e. The summed E-state index contributed by atoms with van der Waals surface area (Å²) in [5.41, 5.74) is -1.03. The van der Waals surface area contributed by atoms with E-state index in [-0.39, 0.29) is 12.2 Å². The number of ether oxygens (including phenoxy) is 1. The Balaban J connectivity index is 2.73. The van der Waals surface area contributed by atoms with Crippen LogP contribution in [-0.2, 0) is 4.74 Å². The van der Waals surface area contributed by atoms with Crippen molar-refractivity contribution >= 4 is 0 Å². The summed E-state index contributed by atoms with van der Waals surface area (Å²) in [5, 5.41) is 9.58. The Kier molecular flexibility index (Phi) is 1.72. The highest BCUT2D eigenvalue weighted by molar-refractivity contribution is 5.14. The van der Waals surface area contributed by atoms with Gasteiger partial charge in [-0.1, -0.05) is 5.92 Å². The summed E-state index contributed by atoms with van der Waals surface area (Å²) in [6, 6.07) is 0. The minimum absolute atomic E-state index is 0.0797. The Morgan fingerprint density at radius 3 is 2.50 bits per heavy atom. The zero-order chi connectivity index (χ0) is 7.78. The van der Waals surface area contributed by atoms with Gasteiger partial charge >= 0.3 is 0 Å². The number of aliphatic hydroxyl groups is 1. The maximum absolute atomic E-state index is 9.58. The molecule has 10 heavy (non-hydrogen) atoms. The summed E-state index contributed by atoms with van der Waals surface area (Å²) in [7, 11) is 0. The molecule has 0 amide bonds. The lowest BCUT2D eigenvalue weighted by Gasteiger charge is -2.17. The summed E-state index contributed by atoms with van der Waals surface area (Å²) in [6.07, 6.45) is 5.54. The fourth-order valence-corrected chi connectivity index (χ4v) is 1.29. The monoisotopic (exact) mass is 140 g/mol. The van der Waals surface area contributed by atoms with Crippen molar-refractivity contribution in [1.29, 1.82) is 0 Å².